The van der Waals surface area contributed by atoms with Crippen LogP contribution in [0.25, 0.3) is 0 Å². The highest BCUT2D eigenvalue weighted by Crippen LogP contribution is 2.38. The van der Waals surface area contributed by atoms with Gasteiger partial charge in [-0.05, 0) is 0 Å². The topological polar surface area (TPSA) is 27.7 Å². The first-order chi connectivity index (χ1) is 4.45. The third kappa shape index (κ3) is 0.407. The molecule has 3 heterocycles. The fraction of sp³-hybridized carbons (Fsp3) is 1.00. The third-order valence-corrected chi connectivity index (χ3v) is 2.31. The highest BCUT2D eigenvalue weighted by atomic mass is 16.7. The molecule has 3 aliphatic heterocycles. The van der Waals surface area contributed by atoms with E-state index in [2.05, 4.69) is 0 Å². The predicted octanol–water partition coefficient (Wildman–Crippen LogP) is -0.449. The molecule has 3 nitrogen and oxygen atoms in total. The second-order valence-electron chi connectivity index (χ2n) is 2.81. The molecule has 0 saturated carbocycles. The first-order valence-electron chi connectivity index (χ1n) is 3.34. The summed E-state index contributed by atoms with van der Waals surface area (Å²) >= 11 is 0. The molecule has 3 saturated heterocycles. The molecular formula is C6H8O3. The number of rotatable bonds is 0. The first-order valence-corrected chi connectivity index (χ1v) is 3.34. The number of ether oxygens (including phenoxy) is 3. The lowest BCUT2D eigenvalue weighted by molar-refractivity contribution is -0.161. The van der Waals surface area contributed by atoms with Gasteiger partial charge in [-0.1, -0.05) is 0 Å². The lowest BCUT2D eigenvalue weighted by atomic mass is 10.0. The van der Waals surface area contributed by atoms with E-state index in [1.165, 1.54) is 0 Å². The molecule has 4 atom stereocenters. The zero-order valence-electron chi connectivity index (χ0n) is 4.95. The van der Waals surface area contributed by atoms with Crippen molar-refractivity contribution in [1.82, 2.24) is 0 Å². The van der Waals surface area contributed by atoms with Crippen molar-refractivity contribution in [1.29, 1.82) is 0 Å². The van der Waals surface area contributed by atoms with Crippen LogP contribution in [0.5, 0.6) is 0 Å². The summed E-state index contributed by atoms with van der Waals surface area (Å²) < 4.78 is 16.0. The van der Waals surface area contributed by atoms with E-state index in [9.17, 15) is 0 Å². The molecule has 0 amide bonds. The molecule has 0 aromatic rings. The van der Waals surface area contributed by atoms with Crippen LogP contribution in [-0.2, 0) is 14.2 Å². The van der Waals surface area contributed by atoms with Crippen molar-refractivity contribution in [2.24, 2.45) is 0 Å². The molecule has 0 spiro atoms. The van der Waals surface area contributed by atoms with E-state index in [4.69, 9.17) is 14.2 Å². The van der Waals surface area contributed by atoms with Gasteiger partial charge in [0.2, 0.25) is 0 Å². The molecule has 3 fully saturated rings. The SMILES string of the molecule is C1OC2C1OC1COC12. The van der Waals surface area contributed by atoms with Gasteiger partial charge in [0.15, 0.2) is 0 Å². The summed E-state index contributed by atoms with van der Waals surface area (Å²) in [5, 5.41) is 0. The first kappa shape index (κ1) is 4.66. The number of fused-ring (bicyclic) bond motifs is 3. The van der Waals surface area contributed by atoms with Crippen LogP contribution in [0.4, 0.5) is 0 Å². The summed E-state index contributed by atoms with van der Waals surface area (Å²) in [7, 11) is 0. The van der Waals surface area contributed by atoms with Gasteiger partial charge in [0.05, 0.1) is 13.2 Å². The van der Waals surface area contributed by atoms with Crippen LogP contribution in [-0.4, -0.2) is 37.6 Å². The maximum Gasteiger partial charge on any atom is 0.115 e. The van der Waals surface area contributed by atoms with Gasteiger partial charge in [-0.2, -0.15) is 0 Å². The summed E-state index contributed by atoms with van der Waals surface area (Å²) in [6, 6.07) is 0. The predicted molar refractivity (Wildman–Crippen MR) is 28.1 cm³/mol. The van der Waals surface area contributed by atoms with Crippen LogP contribution in [0, 0.1) is 0 Å². The normalized spacial score (nSPS) is 61.3. The van der Waals surface area contributed by atoms with Gasteiger partial charge in [-0.15, -0.1) is 0 Å². The fourth-order valence-corrected chi connectivity index (χ4v) is 1.64. The van der Waals surface area contributed by atoms with Gasteiger partial charge in [0, 0.05) is 0 Å². The van der Waals surface area contributed by atoms with Crippen molar-refractivity contribution in [2.75, 3.05) is 13.2 Å². The molecule has 50 valence electrons. The molecule has 9 heavy (non-hydrogen) atoms. The lowest BCUT2D eigenvalue weighted by Gasteiger charge is -2.35. The Morgan fingerprint density at radius 2 is 1.44 bits per heavy atom. The number of hydrogen-bond acceptors (Lipinski definition) is 3. The Bertz CT molecular complexity index is 131. The highest BCUT2D eigenvalue weighted by Gasteiger charge is 2.56. The molecule has 0 bridgehead atoms. The van der Waals surface area contributed by atoms with Crippen LogP contribution in [0.1, 0.15) is 0 Å². The van der Waals surface area contributed by atoms with E-state index in [-0.39, 0.29) is 12.2 Å². The Balaban J connectivity index is 1.87. The molecule has 0 aromatic carbocycles. The van der Waals surface area contributed by atoms with Crippen LogP contribution in [0.2, 0.25) is 0 Å². The number of hydrogen-bond donors (Lipinski definition) is 0. The van der Waals surface area contributed by atoms with Crippen molar-refractivity contribution in [3.63, 3.8) is 0 Å². The molecule has 0 aliphatic carbocycles. The monoisotopic (exact) mass is 128 g/mol. The van der Waals surface area contributed by atoms with E-state index in [0.29, 0.717) is 12.2 Å². The molecule has 0 N–H and O–H groups in total. The van der Waals surface area contributed by atoms with Gasteiger partial charge >= 0.3 is 0 Å². The zero-order valence-corrected chi connectivity index (χ0v) is 4.95. The van der Waals surface area contributed by atoms with Crippen molar-refractivity contribution in [3.05, 3.63) is 0 Å². The van der Waals surface area contributed by atoms with Gasteiger partial charge in [-0.3, -0.25) is 0 Å². The lowest BCUT2D eigenvalue weighted by Crippen LogP contribution is -2.52. The summed E-state index contributed by atoms with van der Waals surface area (Å²) in [6.07, 6.45) is 1.29. The Hall–Kier alpha value is -0.120. The van der Waals surface area contributed by atoms with Crippen molar-refractivity contribution < 1.29 is 14.2 Å². The Morgan fingerprint density at radius 1 is 0.889 bits per heavy atom. The molecular weight excluding hydrogens is 120 g/mol. The smallest absolute Gasteiger partial charge is 0.115 e. The summed E-state index contributed by atoms with van der Waals surface area (Å²) in [6.45, 7) is 1.56. The summed E-state index contributed by atoms with van der Waals surface area (Å²) in [5.41, 5.74) is 0. The third-order valence-electron chi connectivity index (χ3n) is 2.31. The molecule has 3 heteroatoms. The van der Waals surface area contributed by atoms with Gasteiger partial charge in [-0.25, -0.2) is 0 Å². The van der Waals surface area contributed by atoms with E-state index in [1.807, 2.05) is 0 Å². The maximum atomic E-state index is 5.51. The highest BCUT2D eigenvalue weighted by molar-refractivity contribution is 5.02. The van der Waals surface area contributed by atoms with Gasteiger partial charge in [0.1, 0.15) is 24.4 Å². The summed E-state index contributed by atoms with van der Waals surface area (Å²) in [4.78, 5) is 0. The fourth-order valence-electron chi connectivity index (χ4n) is 1.64. The minimum absolute atomic E-state index is 0.281. The quantitative estimate of drug-likeness (QED) is 0.442. The average Bonchev–Trinajstić information content (AvgIpc) is 1.88. The maximum absolute atomic E-state index is 5.51. The van der Waals surface area contributed by atoms with Gasteiger partial charge < -0.3 is 14.2 Å². The summed E-state index contributed by atoms with van der Waals surface area (Å²) in [5.74, 6) is 0. The van der Waals surface area contributed by atoms with E-state index in [0.717, 1.165) is 13.2 Å². The minimum atomic E-state index is 0.281. The van der Waals surface area contributed by atoms with Crippen LogP contribution >= 0.6 is 0 Å². The van der Waals surface area contributed by atoms with Crippen LogP contribution in [0.15, 0.2) is 0 Å². The average molecular weight is 128 g/mol. The van der Waals surface area contributed by atoms with Crippen LogP contribution in [0.3, 0.4) is 0 Å². The molecule has 3 aliphatic rings. The van der Waals surface area contributed by atoms with Crippen molar-refractivity contribution in [2.45, 2.75) is 24.4 Å². The second-order valence-corrected chi connectivity index (χ2v) is 2.81. The molecule has 0 radical (unpaired) electrons. The molecule has 0 aromatic heterocycles. The minimum Gasteiger partial charge on any atom is -0.370 e. The van der Waals surface area contributed by atoms with E-state index in [1.54, 1.807) is 0 Å². The standard InChI is InChI=1S/C6H8O3/c1-3-5(7-1)6-4(9-3)2-8-6/h3-6H,1-2H2. The zero-order chi connectivity index (χ0) is 5.84. The largest absolute Gasteiger partial charge is 0.370 e. The van der Waals surface area contributed by atoms with Crippen molar-refractivity contribution >= 4 is 0 Å². The van der Waals surface area contributed by atoms with E-state index >= 15 is 0 Å². The second kappa shape index (κ2) is 1.31. The van der Waals surface area contributed by atoms with E-state index < -0.39 is 0 Å². The Morgan fingerprint density at radius 3 is 1.67 bits per heavy atom. The van der Waals surface area contributed by atoms with Gasteiger partial charge in [0.25, 0.3) is 0 Å². The molecule has 3 rings (SSSR count). The Kier molecular flexibility index (Phi) is 0.678. The van der Waals surface area contributed by atoms with Crippen molar-refractivity contribution in [3.8, 4) is 0 Å². The molecule has 4 unspecified atom stereocenters. The van der Waals surface area contributed by atoms with Crippen LogP contribution < -0.4 is 0 Å². The Labute approximate surface area is 52.9 Å².